The third-order valence-electron chi connectivity index (χ3n) is 6.45. The molecule has 0 radical (unpaired) electrons. The monoisotopic (exact) mass is 426 g/mol. The highest BCUT2D eigenvalue weighted by molar-refractivity contribution is 5.48. The first-order valence-corrected chi connectivity index (χ1v) is 11.5. The van der Waals surface area contributed by atoms with E-state index in [-0.39, 0.29) is 11.5 Å². The van der Waals surface area contributed by atoms with E-state index in [2.05, 4.69) is 64.1 Å². The Bertz CT molecular complexity index is 883. The fraction of sp³-hybridized carbons (Fsp3) is 0.556. The van der Waals surface area contributed by atoms with Gasteiger partial charge in [-0.1, -0.05) is 38.1 Å². The SMILES string of the molecule is CCOc1ccc(C(CC)(CC)c2ccc(OCC3COC(C)(C)O3)c(C)c2)cc1C. The van der Waals surface area contributed by atoms with Gasteiger partial charge in [0.05, 0.1) is 13.2 Å². The molecule has 1 aliphatic rings. The minimum Gasteiger partial charge on any atom is -0.494 e. The molecule has 1 atom stereocenters. The average Bonchev–Trinajstić information content (AvgIpc) is 3.09. The van der Waals surface area contributed by atoms with Gasteiger partial charge in [-0.15, -0.1) is 0 Å². The zero-order chi connectivity index (χ0) is 22.6. The molecule has 0 amide bonds. The van der Waals surface area contributed by atoms with Crippen LogP contribution in [0.5, 0.6) is 11.5 Å². The van der Waals surface area contributed by atoms with Crippen LogP contribution in [0.1, 0.15) is 69.7 Å². The highest BCUT2D eigenvalue weighted by atomic mass is 16.7. The zero-order valence-corrected chi connectivity index (χ0v) is 20.2. The first-order chi connectivity index (χ1) is 14.7. The highest BCUT2D eigenvalue weighted by Gasteiger charge is 2.34. The van der Waals surface area contributed by atoms with Crippen molar-refractivity contribution < 1.29 is 18.9 Å². The van der Waals surface area contributed by atoms with Crippen molar-refractivity contribution in [3.8, 4) is 11.5 Å². The number of hydrogen-bond donors (Lipinski definition) is 0. The number of benzene rings is 2. The number of ether oxygens (including phenoxy) is 4. The van der Waals surface area contributed by atoms with Crippen molar-refractivity contribution in [3.63, 3.8) is 0 Å². The van der Waals surface area contributed by atoms with Crippen LogP contribution >= 0.6 is 0 Å². The van der Waals surface area contributed by atoms with Gasteiger partial charge in [0.25, 0.3) is 0 Å². The maximum Gasteiger partial charge on any atom is 0.163 e. The zero-order valence-electron chi connectivity index (χ0n) is 20.2. The summed E-state index contributed by atoms with van der Waals surface area (Å²) in [6, 6.07) is 13.2. The second kappa shape index (κ2) is 9.62. The second-order valence-electron chi connectivity index (χ2n) is 8.94. The third kappa shape index (κ3) is 5.07. The summed E-state index contributed by atoms with van der Waals surface area (Å²) < 4.78 is 23.4. The fourth-order valence-corrected chi connectivity index (χ4v) is 4.63. The molecule has 0 aromatic heterocycles. The highest BCUT2D eigenvalue weighted by Crippen LogP contribution is 2.41. The van der Waals surface area contributed by atoms with Crippen LogP contribution < -0.4 is 9.47 Å². The van der Waals surface area contributed by atoms with Crippen LogP contribution in [-0.4, -0.2) is 31.7 Å². The van der Waals surface area contributed by atoms with Gasteiger partial charge in [-0.2, -0.15) is 0 Å². The van der Waals surface area contributed by atoms with Crippen molar-refractivity contribution in [1.29, 1.82) is 0 Å². The smallest absolute Gasteiger partial charge is 0.163 e. The molecule has 2 aromatic rings. The molecule has 0 bridgehead atoms. The summed E-state index contributed by atoms with van der Waals surface area (Å²) in [7, 11) is 0. The number of aryl methyl sites for hydroxylation is 2. The maximum absolute atomic E-state index is 6.09. The molecule has 4 nitrogen and oxygen atoms in total. The lowest BCUT2D eigenvalue weighted by atomic mass is 9.70. The van der Waals surface area contributed by atoms with E-state index in [9.17, 15) is 0 Å². The Morgan fingerprint density at radius 2 is 1.45 bits per heavy atom. The van der Waals surface area contributed by atoms with Crippen LogP contribution in [-0.2, 0) is 14.9 Å². The summed E-state index contributed by atoms with van der Waals surface area (Å²) in [5.74, 6) is 1.35. The third-order valence-corrected chi connectivity index (χ3v) is 6.45. The summed E-state index contributed by atoms with van der Waals surface area (Å²) >= 11 is 0. The molecule has 0 saturated carbocycles. The molecule has 1 saturated heterocycles. The molecule has 170 valence electrons. The van der Waals surface area contributed by atoms with Crippen molar-refractivity contribution in [2.75, 3.05) is 19.8 Å². The van der Waals surface area contributed by atoms with Crippen LogP contribution in [0.4, 0.5) is 0 Å². The number of rotatable bonds is 9. The van der Waals surface area contributed by atoms with E-state index < -0.39 is 5.79 Å². The topological polar surface area (TPSA) is 36.9 Å². The van der Waals surface area contributed by atoms with Gasteiger partial charge in [-0.3, -0.25) is 0 Å². The van der Waals surface area contributed by atoms with Crippen LogP contribution in [0.2, 0.25) is 0 Å². The molecule has 3 rings (SSSR count). The molecular weight excluding hydrogens is 388 g/mol. The molecule has 1 unspecified atom stereocenters. The van der Waals surface area contributed by atoms with E-state index in [0.29, 0.717) is 19.8 Å². The predicted octanol–water partition coefficient (Wildman–Crippen LogP) is 6.34. The summed E-state index contributed by atoms with van der Waals surface area (Å²) in [6.45, 7) is 16.4. The van der Waals surface area contributed by atoms with Crippen LogP contribution in [0.25, 0.3) is 0 Å². The van der Waals surface area contributed by atoms with E-state index >= 15 is 0 Å². The van der Waals surface area contributed by atoms with E-state index in [1.54, 1.807) is 0 Å². The van der Waals surface area contributed by atoms with Gasteiger partial charge < -0.3 is 18.9 Å². The molecule has 0 N–H and O–H groups in total. The van der Waals surface area contributed by atoms with Crippen molar-refractivity contribution >= 4 is 0 Å². The molecule has 31 heavy (non-hydrogen) atoms. The van der Waals surface area contributed by atoms with E-state index in [1.165, 1.54) is 16.7 Å². The lowest BCUT2D eigenvalue weighted by Gasteiger charge is -2.34. The Kier molecular flexibility index (Phi) is 7.33. The van der Waals surface area contributed by atoms with Gasteiger partial charge in [0, 0.05) is 5.41 Å². The Morgan fingerprint density at radius 1 is 0.903 bits per heavy atom. The van der Waals surface area contributed by atoms with Gasteiger partial charge in [-0.25, -0.2) is 0 Å². The lowest BCUT2D eigenvalue weighted by molar-refractivity contribution is -0.141. The minimum absolute atomic E-state index is 0.0359. The molecule has 1 aliphatic heterocycles. The van der Waals surface area contributed by atoms with Gasteiger partial charge in [-0.05, 0) is 81.8 Å². The predicted molar refractivity (Wildman–Crippen MR) is 125 cm³/mol. The van der Waals surface area contributed by atoms with Crippen molar-refractivity contribution in [1.82, 2.24) is 0 Å². The number of hydrogen-bond acceptors (Lipinski definition) is 4. The molecule has 0 aliphatic carbocycles. The average molecular weight is 427 g/mol. The largest absolute Gasteiger partial charge is 0.494 e. The summed E-state index contributed by atoms with van der Waals surface area (Å²) in [6.07, 6.45) is 2.02. The van der Waals surface area contributed by atoms with E-state index in [0.717, 1.165) is 29.9 Å². The summed E-state index contributed by atoms with van der Waals surface area (Å²) in [5, 5.41) is 0. The van der Waals surface area contributed by atoms with Crippen molar-refractivity contribution in [3.05, 3.63) is 58.7 Å². The first kappa shape index (κ1) is 23.6. The Hall–Kier alpha value is -2.04. The summed E-state index contributed by atoms with van der Waals surface area (Å²) in [4.78, 5) is 0. The normalized spacial score (nSPS) is 18.2. The molecule has 0 spiro atoms. The first-order valence-electron chi connectivity index (χ1n) is 11.5. The quantitative estimate of drug-likeness (QED) is 0.469. The Balaban J connectivity index is 1.83. The van der Waals surface area contributed by atoms with Crippen LogP contribution in [0.3, 0.4) is 0 Å². The standard InChI is InChI=1S/C27H38O4/c1-8-27(9-2,21-11-13-24(28-10-3)19(4)15-21)22-12-14-25(20(5)16-22)29-17-23-18-30-26(6,7)31-23/h11-16,23H,8-10,17-18H2,1-7H3. The van der Waals surface area contributed by atoms with Gasteiger partial charge in [0.2, 0.25) is 0 Å². The second-order valence-corrected chi connectivity index (χ2v) is 8.94. The summed E-state index contributed by atoms with van der Waals surface area (Å²) in [5.41, 5.74) is 4.96. The van der Waals surface area contributed by atoms with E-state index in [1.807, 2.05) is 20.8 Å². The van der Waals surface area contributed by atoms with Crippen molar-refractivity contribution in [2.45, 2.75) is 78.6 Å². The van der Waals surface area contributed by atoms with Gasteiger partial charge >= 0.3 is 0 Å². The van der Waals surface area contributed by atoms with Gasteiger partial charge in [0.15, 0.2) is 5.79 Å². The Labute approximate surface area is 187 Å². The van der Waals surface area contributed by atoms with Crippen LogP contribution in [0, 0.1) is 13.8 Å². The Morgan fingerprint density at radius 3 is 1.87 bits per heavy atom. The van der Waals surface area contributed by atoms with Gasteiger partial charge in [0.1, 0.15) is 24.2 Å². The molecule has 1 fully saturated rings. The molecule has 2 aromatic carbocycles. The van der Waals surface area contributed by atoms with E-state index in [4.69, 9.17) is 18.9 Å². The van der Waals surface area contributed by atoms with Crippen molar-refractivity contribution in [2.24, 2.45) is 0 Å². The lowest BCUT2D eigenvalue weighted by Crippen LogP contribution is -2.27. The molecule has 1 heterocycles. The molecule has 4 heteroatoms. The molecular formula is C27H38O4. The maximum atomic E-state index is 6.09. The minimum atomic E-state index is -0.523. The van der Waals surface area contributed by atoms with Crippen LogP contribution in [0.15, 0.2) is 36.4 Å². The fourth-order valence-electron chi connectivity index (χ4n) is 4.63.